The van der Waals surface area contributed by atoms with Gasteiger partial charge in [0, 0.05) is 4.47 Å². The molecule has 20 heavy (non-hydrogen) atoms. The standard InChI is InChI=1S/C14H10BrF2N3/c1-6-2-3-8(16)11(12(6)17)14-19-10-5-7(15)4-9(18)13(10)20-14/h2-5H,18H2,1H3,(H,19,20). The fraction of sp³-hybridized carbons (Fsp3) is 0.0714. The van der Waals surface area contributed by atoms with Crippen LogP contribution in [0, 0.1) is 18.6 Å². The van der Waals surface area contributed by atoms with Crippen molar-refractivity contribution in [2.45, 2.75) is 6.92 Å². The summed E-state index contributed by atoms with van der Waals surface area (Å²) in [4.78, 5) is 7.11. The smallest absolute Gasteiger partial charge is 0.144 e. The number of aromatic amines is 1. The highest BCUT2D eigenvalue weighted by atomic mass is 79.9. The van der Waals surface area contributed by atoms with E-state index in [1.165, 1.54) is 12.1 Å². The predicted molar refractivity (Wildman–Crippen MR) is 78.3 cm³/mol. The molecule has 0 bridgehead atoms. The zero-order valence-electron chi connectivity index (χ0n) is 10.5. The SMILES string of the molecule is Cc1ccc(F)c(-c2nc3c(N)cc(Br)cc3[nH]2)c1F. The van der Waals surface area contributed by atoms with Gasteiger partial charge in [-0.3, -0.25) is 0 Å². The summed E-state index contributed by atoms with van der Waals surface area (Å²) in [6.45, 7) is 1.58. The van der Waals surface area contributed by atoms with Crippen LogP contribution in [0.15, 0.2) is 28.7 Å². The summed E-state index contributed by atoms with van der Waals surface area (Å²) in [5, 5.41) is 0. The van der Waals surface area contributed by atoms with Crippen molar-refractivity contribution in [1.82, 2.24) is 9.97 Å². The summed E-state index contributed by atoms with van der Waals surface area (Å²) < 4.78 is 28.8. The van der Waals surface area contributed by atoms with Crippen LogP contribution in [-0.4, -0.2) is 9.97 Å². The first-order valence-electron chi connectivity index (χ1n) is 5.87. The summed E-state index contributed by atoms with van der Waals surface area (Å²) in [7, 11) is 0. The quantitative estimate of drug-likeness (QED) is 0.655. The second-order valence-corrected chi connectivity index (χ2v) is 5.45. The first-order chi connectivity index (χ1) is 9.47. The molecule has 0 aliphatic carbocycles. The minimum absolute atomic E-state index is 0.128. The van der Waals surface area contributed by atoms with Gasteiger partial charge in [0.2, 0.25) is 0 Å². The van der Waals surface area contributed by atoms with E-state index in [1.54, 1.807) is 19.1 Å². The largest absolute Gasteiger partial charge is 0.397 e. The highest BCUT2D eigenvalue weighted by molar-refractivity contribution is 9.10. The summed E-state index contributed by atoms with van der Waals surface area (Å²) in [6, 6.07) is 6.06. The van der Waals surface area contributed by atoms with Crippen molar-refractivity contribution in [1.29, 1.82) is 0 Å². The van der Waals surface area contributed by atoms with Gasteiger partial charge in [-0.1, -0.05) is 22.0 Å². The van der Waals surface area contributed by atoms with Gasteiger partial charge in [-0.05, 0) is 30.7 Å². The number of H-pyrrole nitrogens is 1. The van der Waals surface area contributed by atoms with E-state index in [4.69, 9.17) is 5.73 Å². The number of aromatic nitrogens is 2. The van der Waals surface area contributed by atoms with Crippen molar-refractivity contribution < 1.29 is 8.78 Å². The third-order valence-corrected chi connectivity index (χ3v) is 3.56. The van der Waals surface area contributed by atoms with Crippen LogP contribution in [0.4, 0.5) is 14.5 Å². The van der Waals surface area contributed by atoms with Crippen LogP contribution in [0.25, 0.3) is 22.4 Å². The van der Waals surface area contributed by atoms with Gasteiger partial charge in [-0.25, -0.2) is 13.8 Å². The van der Waals surface area contributed by atoms with Gasteiger partial charge in [0.1, 0.15) is 23.0 Å². The molecule has 0 unspecified atom stereocenters. The van der Waals surface area contributed by atoms with Gasteiger partial charge in [-0.2, -0.15) is 0 Å². The van der Waals surface area contributed by atoms with Crippen molar-refractivity contribution in [3.63, 3.8) is 0 Å². The molecule has 2 aromatic carbocycles. The topological polar surface area (TPSA) is 54.7 Å². The summed E-state index contributed by atoms with van der Waals surface area (Å²) in [6.07, 6.45) is 0. The third kappa shape index (κ3) is 1.96. The Morgan fingerprint density at radius 3 is 2.75 bits per heavy atom. The van der Waals surface area contributed by atoms with E-state index in [9.17, 15) is 8.78 Å². The monoisotopic (exact) mass is 337 g/mol. The van der Waals surface area contributed by atoms with Crippen molar-refractivity contribution >= 4 is 32.7 Å². The predicted octanol–water partition coefficient (Wildman–Crippen LogP) is 4.16. The van der Waals surface area contributed by atoms with Gasteiger partial charge in [0.05, 0.1) is 16.8 Å². The number of fused-ring (bicyclic) bond motifs is 1. The molecular weight excluding hydrogens is 328 g/mol. The number of aryl methyl sites for hydroxylation is 1. The maximum Gasteiger partial charge on any atom is 0.144 e. The number of rotatable bonds is 1. The minimum atomic E-state index is -0.662. The first-order valence-corrected chi connectivity index (χ1v) is 6.66. The van der Waals surface area contributed by atoms with Crippen molar-refractivity contribution in [3.8, 4) is 11.4 Å². The van der Waals surface area contributed by atoms with E-state index in [-0.39, 0.29) is 11.4 Å². The summed E-state index contributed by atoms with van der Waals surface area (Å²) >= 11 is 3.31. The lowest BCUT2D eigenvalue weighted by Crippen LogP contribution is -1.94. The number of nitrogens with one attached hydrogen (secondary N) is 1. The number of imidazole rings is 1. The lowest BCUT2D eigenvalue weighted by atomic mass is 10.1. The fourth-order valence-electron chi connectivity index (χ4n) is 2.10. The van der Waals surface area contributed by atoms with E-state index in [1.807, 2.05) is 0 Å². The molecule has 1 aromatic heterocycles. The number of nitrogens with zero attached hydrogens (tertiary/aromatic N) is 1. The molecule has 0 atom stereocenters. The van der Waals surface area contributed by atoms with Crippen LogP contribution in [-0.2, 0) is 0 Å². The van der Waals surface area contributed by atoms with Gasteiger partial charge in [0.25, 0.3) is 0 Å². The Balaban J connectivity index is 2.31. The second kappa shape index (κ2) is 4.56. The normalized spacial score (nSPS) is 11.2. The first kappa shape index (κ1) is 13.1. The van der Waals surface area contributed by atoms with Crippen molar-refractivity contribution in [2.24, 2.45) is 0 Å². The Bertz CT molecular complexity index is 827. The van der Waals surface area contributed by atoms with E-state index >= 15 is 0 Å². The number of hydrogen-bond donors (Lipinski definition) is 2. The number of halogens is 3. The van der Waals surface area contributed by atoms with Crippen LogP contribution < -0.4 is 5.73 Å². The molecular formula is C14H10BrF2N3. The van der Waals surface area contributed by atoms with E-state index in [0.29, 0.717) is 22.3 Å². The molecule has 0 amide bonds. The maximum absolute atomic E-state index is 14.1. The average molecular weight is 338 g/mol. The van der Waals surface area contributed by atoms with Crippen LogP contribution >= 0.6 is 15.9 Å². The van der Waals surface area contributed by atoms with Gasteiger partial charge >= 0.3 is 0 Å². The van der Waals surface area contributed by atoms with Crippen molar-refractivity contribution in [2.75, 3.05) is 5.73 Å². The molecule has 0 spiro atoms. The molecule has 6 heteroatoms. The number of benzene rings is 2. The van der Waals surface area contributed by atoms with Crippen LogP contribution in [0.3, 0.4) is 0 Å². The molecule has 0 radical (unpaired) electrons. The van der Waals surface area contributed by atoms with E-state index in [0.717, 1.165) is 4.47 Å². The second-order valence-electron chi connectivity index (χ2n) is 4.53. The number of hydrogen-bond acceptors (Lipinski definition) is 2. The summed E-state index contributed by atoms with van der Waals surface area (Å²) in [5.74, 6) is -1.16. The molecule has 0 saturated heterocycles. The Kier molecular flexibility index (Phi) is 2.97. The molecule has 3 aromatic rings. The Hall–Kier alpha value is -1.95. The van der Waals surface area contributed by atoms with Gasteiger partial charge in [-0.15, -0.1) is 0 Å². The molecule has 3 rings (SSSR count). The highest BCUT2D eigenvalue weighted by Gasteiger charge is 2.18. The Morgan fingerprint density at radius 1 is 1.25 bits per heavy atom. The van der Waals surface area contributed by atoms with Gasteiger partial charge < -0.3 is 10.7 Å². The Morgan fingerprint density at radius 2 is 2.00 bits per heavy atom. The minimum Gasteiger partial charge on any atom is -0.397 e. The van der Waals surface area contributed by atoms with Crippen molar-refractivity contribution in [3.05, 3.63) is 45.9 Å². The molecule has 0 aliphatic rings. The lowest BCUT2D eigenvalue weighted by molar-refractivity contribution is 0.582. The third-order valence-electron chi connectivity index (χ3n) is 3.10. The average Bonchev–Trinajstić information content (AvgIpc) is 2.78. The van der Waals surface area contributed by atoms with Crippen LogP contribution in [0.1, 0.15) is 5.56 Å². The highest BCUT2D eigenvalue weighted by Crippen LogP contribution is 2.31. The number of nitrogen functional groups attached to an aromatic ring is 1. The number of nitrogens with two attached hydrogens (primary N) is 1. The molecule has 3 nitrogen and oxygen atoms in total. The van der Waals surface area contributed by atoms with Crippen LogP contribution in [0.5, 0.6) is 0 Å². The molecule has 0 saturated carbocycles. The fourth-order valence-corrected chi connectivity index (χ4v) is 2.58. The molecule has 0 fully saturated rings. The van der Waals surface area contributed by atoms with E-state index in [2.05, 4.69) is 25.9 Å². The maximum atomic E-state index is 14.1. The molecule has 1 heterocycles. The zero-order valence-corrected chi connectivity index (χ0v) is 12.1. The Labute approximate surface area is 122 Å². The number of anilines is 1. The molecule has 0 aliphatic heterocycles. The van der Waals surface area contributed by atoms with Gasteiger partial charge in [0.15, 0.2) is 0 Å². The lowest BCUT2D eigenvalue weighted by Gasteiger charge is -2.03. The summed E-state index contributed by atoms with van der Waals surface area (Å²) in [5.41, 5.74) is 7.58. The molecule has 102 valence electrons. The van der Waals surface area contributed by atoms with Crippen LogP contribution in [0.2, 0.25) is 0 Å². The zero-order chi connectivity index (χ0) is 14.4. The van der Waals surface area contributed by atoms with E-state index < -0.39 is 11.6 Å². The molecule has 3 N–H and O–H groups in total.